The molecule has 5 nitrogen and oxygen atoms in total. The van der Waals surface area contributed by atoms with Crippen molar-refractivity contribution in [3.8, 4) is 0 Å². The predicted molar refractivity (Wildman–Crippen MR) is 81.0 cm³/mol. The molecule has 1 aromatic carbocycles. The Hall–Kier alpha value is -1.40. The van der Waals surface area contributed by atoms with Crippen LogP contribution in [0.4, 0.5) is 0 Å². The van der Waals surface area contributed by atoms with Gasteiger partial charge in [-0.05, 0) is 30.5 Å². The molecule has 0 atom stereocenters. The molecule has 0 aromatic heterocycles. The molecule has 0 bridgehead atoms. The highest BCUT2D eigenvalue weighted by molar-refractivity contribution is 9.10. The molecule has 0 radical (unpaired) electrons. The van der Waals surface area contributed by atoms with Gasteiger partial charge >= 0.3 is 5.97 Å². The highest BCUT2D eigenvalue weighted by Gasteiger charge is 2.40. The standard InChI is InChI=1S/C15H18BrNO4/c16-12-3-1-11(2-4-12)9-13(18)17-10-15(14(19)20)5-7-21-8-6-15/h1-4H,5-10H2,(H,17,18)(H,19,20). The second-order valence-corrected chi connectivity index (χ2v) is 6.19. The van der Waals surface area contributed by atoms with E-state index in [0.29, 0.717) is 26.1 Å². The van der Waals surface area contributed by atoms with Crippen LogP contribution in [0.15, 0.2) is 28.7 Å². The Kier molecular flexibility index (Phi) is 5.36. The van der Waals surface area contributed by atoms with Gasteiger partial charge in [0.05, 0.1) is 11.8 Å². The number of hydrogen-bond acceptors (Lipinski definition) is 3. The number of amides is 1. The van der Waals surface area contributed by atoms with Gasteiger partial charge in [0.1, 0.15) is 0 Å². The maximum absolute atomic E-state index is 12.0. The molecule has 1 aliphatic heterocycles. The number of rotatable bonds is 5. The van der Waals surface area contributed by atoms with Gasteiger partial charge in [0, 0.05) is 24.2 Å². The molecule has 1 saturated heterocycles. The highest BCUT2D eigenvalue weighted by atomic mass is 79.9. The molecule has 1 fully saturated rings. The first-order chi connectivity index (χ1) is 10.0. The lowest BCUT2D eigenvalue weighted by Gasteiger charge is -2.33. The summed E-state index contributed by atoms with van der Waals surface area (Å²) in [6, 6.07) is 7.48. The lowest BCUT2D eigenvalue weighted by Crippen LogP contribution is -2.46. The number of hydrogen-bond donors (Lipinski definition) is 2. The number of halogens is 1. The predicted octanol–water partition coefficient (Wildman–Crippen LogP) is 1.99. The van der Waals surface area contributed by atoms with Gasteiger partial charge < -0.3 is 15.2 Å². The minimum atomic E-state index is -0.895. The van der Waals surface area contributed by atoms with Gasteiger partial charge in [-0.1, -0.05) is 28.1 Å². The zero-order valence-corrected chi connectivity index (χ0v) is 13.2. The van der Waals surface area contributed by atoms with Crippen LogP contribution in [0.1, 0.15) is 18.4 Å². The summed E-state index contributed by atoms with van der Waals surface area (Å²) in [5, 5.41) is 12.2. The summed E-state index contributed by atoms with van der Waals surface area (Å²) in [5.74, 6) is -1.03. The Morgan fingerprint density at radius 3 is 2.43 bits per heavy atom. The second-order valence-electron chi connectivity index (χ2n) is 5.28. The first-order valence-electron chi connectivity index (χ1n) is 6.84. The van der Waals surface area contributed by atoms with E-state index in [1.807, 2.05) is 24.3 Å². The van der Waals surface area contributed by atoms with Crippen molar-refractivity contribution in [2.24, 2.45) is 5.41 Å². The van der Waals surface area contributed by atoms with E-state index in [9.17, 15) is 14.7 Å². The number of benzene rings is 1. The fourth-order valence-electron chi connectivity index (χ4n) is 2.35. The largest absolute Gasteiger partial charge is 0.481 e. The molecule has 0 saturated carbocycles. The quantitative estimate of drug-likeness (QED) is 0.846. The number of carboxylic acid groups (broad SMARTS) is 1. The maximum atomic E-state index is 12.0. The number of carbonyl (C=O) groups excluding carboxylic acids is 1. The average molecular weight is 356 g/mol. The van der Waals surface area contributed by atoms with Crippen molar-refractivity contribution < 1.29 is 19.4 Å². The van der Waals surface area contributed by atoms with Gasteiger partial charge in [-0.15, -0.1) is 0 Å². The molecule has 0 spiro atoms. The number of ether oxygens (including phenoxy) is 1. The fourth-order valence-corrected chi connectivity index (χ4v) is 2.61. The monoisotopic (exact) mass is 355 g/mol. The summed E-state index contributed by atoms with van der Waals surface area (Å²) in [4.78, 5) is 23.4. The van der Waals surface area contributed by atoms with Gasteiger partial charge in [0.2, 0.25) is 5.91 Å². The molecule has 2 N–H and O–H groups in total. The number of carboxylic acids is 1. The van der Waals surface area contributed by atoms with Crippen LogP contribution < -0.4 is 5.32 Å². The first-order valence-corrected chi connectivity index (χ1v) is 7.63. The summed E-state index contributed by atoms with van der Waals surface area (Å²) in [6.45, 7) is 1.00. The summed E-state index contributed by atoms with van der Waals surface area (Å²) in [7, 11) is 0. The van der Waals surface area contributed by atoms with Crippen molar-refractivity contribution in [1.82, 2.24) is 5.32 Å². The summed E-state index contributed by atoms with van der Waals surface area (Å²) < 4.78 is 6.17. The normalized spacial score (nSPS) is 17.2. The van der Waals surface area contributed by atoms with E-state index < -0.39 is 11.4 Å². The van der Waals surface area contributed by atoms with Gasteiger partial charge in [0.15, 0.2) is 0 Å². The van der Waals surface area contributed by atoms with E-state index in [4.69, 9.17) is 4.74 Å². The van der Waals surface area contributed by atoms with E-state index in [-0.39, 0.29) is 18.9 Å². The molecule has 1 aliphatic rings. The van der Waals surface area contributed by atoms with Gasteiger partial charge in [-0.2, -0.15) is 0 Å². The minimum absolute atomic E-state index is 0.154. The zero-order valence-electron chi connectivity index (χ0n) is 11.6. The van der Waals surface area contributed by atoms with E-state index in [2.05, 4.69) is 21.2 Å². The lowest BCUT2D eigenvalue weighted by atomic mass is 9.80. The molecule has 6 heteroatoms. The third-order valence-electron chi connectivity index (χ3n) is 3.81. The molecule has 1 amide bonds. The second kappa shape index (κ2) is 7.04. The van der Waals surface area contributed by atoms with Crippen molar-refractivity contribution >= 4 is 27.8 Å². The molecular formula is C15H18BrNO4. The maximum Gasteiger partial charge on any atom is 0.311 e. The summed E-state index contributed by atoms with van der Waals surface area (Å²) >= 11 is 3.34. The molecule has 0 unspecified atom stereocenters. The van der Waals surface area contributed by atoms with Gasteiger partial charge in [0.25, 0.3) is 0 Å². The van der Waals surface area contributed by atoms with Crippen LogP contribution in [0.3, 0.4) is 0 Å². The summed E-state index contributed by atoms with van der Waals surface area (Å²) in [5.41, 5.74) is 0.000207. The van der Waals surface area contributed by atoms with Gasteiger partial charge in [-0.25, -0.2) is 0 Å². The fraction of sp³-hybridized carbons (Fsp3) is 0.467. The number of nitrogens with one attached hydrogen (secondary N) is 1. The molecule has 21 heavy (non-hydrogen) atoms. The van der Waals surface area contributed by atoms with Crippen molar-refractivity contribution in [3.05, 3.63) is 34.3 Å². The van der Waals surface area contributed by atoms with Crippen LogP contribution in [0.2, 0.25) is 0 Å². The topological polar surface area (TPSA) is 75.6 Å². The van der Waals surface area contributed by atoms with Crippen LogP contribution in [0.25, 0.3) is 0 Å². The van der Waals surface area contributed by atoms with Crippen LogP contribution in [-0.4, -0.2) is 36.7 Å². The van der Waals surface area contributed by atoms with Gasteiger partial charge in [-0.3, -0.25) is 9.59 Å². The average Bonchev–Trinajstić information content (AvgIpc) is 2.48. The Bertz CT molecular complexity index is 509. The van der Waals surface area contributed by atoms with E-state index >= 15 is 0 Å². The van der Waals surface area contributed by atoms with Crippen molar-refractivity contribution in [2.45, 2.75) is 19.3 Å². The van der Waals surface area contributed by atoms with E-state index in [1.54, 1.807) is 0 Å². The molecule has 2 rings (SSSR count). The van der Waals surface area contributed by atoms with Crippen LogP contribution in [0.5, 0.6) is 0 Å². The third-order valence-corrected chi connectivity index (χ3v) is 4.33. The van der Waals surface area contributed by atoms with Crippen LogP contribution in [-0.2, 0) is 20.7 Å². The van der Waals surface area contributed by atoms with E-state index in [1.165, 1.54) is 0 Å². The van der Waals surface area contributed by atoms with Crippen LogP contribution in [0, 0.1) is 5.41 Å². The SMILES string of the molecule is O=C(Cc1ccc(Br)cc1)NCC1(C(=O)O)CCOCC1. The van der Waals surface area contributed by atoms with Crippen molar-refractivity contribution in [1.29, 1.82) is 0 Å². The molecular weight excluding hydrogens is 338 g/mol. The zero-order chi connectivity index (χ0) is 15.3. The molecule has 0 aliphatic carbocycles. The minimum Gasteiger partial charge on any atom is -0.481 e. The Morgan fingerprint density at radius 2 is 1.86 bits per heavy atom. The lowest BCUT2D eigenvalue weighted by molar-refractivity contribution is -0.154. The molecule has 1 aromatic rings. The third kappa shape index (κ3) is 4.28. The number of aliphatic carboxylic acids is 1. The number of carbonyl (C=O) groups is 2. The van der Waals surface area contributed by atoms with E-state index in [0.717, 1.165) is 10.0 Å². The molecule has 114 valence electrons. The van der Waals surface area contributed by atoms with Crippen molar-refractivity contribution in [2.75, 3.05) is 19.8 Å². The highest BCUT2D eigenvalue weighted by Crippen LogP contribution is 2.30. The molecule has 1 heterocycles. The smallest absolute Gasteiger partial charge is 0.311 e. The van der Waals surface area contributed by atoms with Crippen molar-refractivity contribution in [3.63, 3.8) is 0 Å². The summed E-state index contributed by atoms with van der Waals surface area (Å²) in [6.07, 6.45) is 1.11. The Morgan fingerprint density at radius 1 is 1.24 bits per heavy atom. The Labute approximate surface area is 131 Å². The van der Waals surface area contributed by atoms with Crippen LogP contribution >= 0.6 is 15.9 Å². The first kappa shape index (κ1) is 16.0. The Balaban J connectivity index is 1.90.